The first-order valence-electron chi connectivity index (χ1n) is 21.8. The Morgan fingerprint density at radius 1 is 0.206 bits per heavy atom. The summed E-state index contributed by atoms with van der Waals surface area (Å²) in [5, 5.41) is 22.7. The molecule has 0 aliphatic heterocycles. The van der Waals surface area contributed by atoms with Crippen molar-refractivity contribution in [3.63, 3.8) is 0 Å². The Morgan fingerprint density at radius 3 is 1.32 bits per heavy atom. The second-order valence-corrected chi connectivity index (χ2v) is 17.2. The summed E-state index contributed by atoms with van der Waals surface area (Å²) in [7, 11) is 0. The van der Waals surface area contributed by atoms with Gasteiger partial charge in [0.05, 0.1) is 0 Å². The van der Waals surface area contributed by atoms with Crippen LogP contribution >= 0.6 is 0 Å². The topological polar surface area (TPSA) is 13.1 Å². The summed E-state index contributed by atoms with van der Waals surface area (Å²) in [6, 6.07) is 80.7. The molecule has 1 heteroatoms. The maximum absolute atomic E-state index is 6.46. The van der Waals surface area contributed by atoms with Gasteiger partial charge < -0.3 is 4.42 Å². The lowest BCUT2D eigenvalue weighted by Gasteiger charge is -2.15. The maximum atomic E-state index is 6.46. The summed E-state index contributed by atoms with van der Waals surface area (Å²) in [5.74, 6) is 0. The monoisotopic (exact) mass is 796 g/mol. The first-order chi connectivity index (χ1) is 31.2. The number of hydrogen-bond acceptors (Lipinski definition) is 1. The summed E-state index contributed by atoms with van der Waals surface area (Å²) >= 11 is 0. The highest BCUT2D eigenvalue weighted by atomic mass is 16.3. The Morgan fingerprint density at radius 2 is 0.635 bits per heavy atom. The van der Waals surface area contributed by atoms with Crippen molar-refractivity contribution < 1.29 is 4.42 Å². The van der Waals surface area contributed by atoms with Crippen molar-refractivity contribution in [3.05, 3.63) is 218 Å². The van der Waals surface area contributed by atoms with Crippen LogP contribution in [-0.2, 0) is 0 Å². The van der Waals surface area contributed by atoms with Crippen LogP contribution in [0.2, 0.25) is 0 Å². The highest BCUT2D eigenvalue weighted by Crippen LogP contribution is 2.43. The number of rotatable bonds is 3. The van der Waals surface area contributed by atoms with Gasteiger partial charge >= 0.3 is 0 Å². The van der Waals surface area contributed by atoms with Crippen molar-refractivity contribution in [2.45, 2.75) is 0 Å². The third-order valence-corrected chi connectivity index (χ3v) is 13.8. The lowest BCUT2D eigenvalue weighted by molar-refractivity contribution is 0.669. The van der Waals surface area contributed by atoms with E-state index in [1.54, 1.807) is 0 Å². The third kappa shape index (κ3) is 5.17. The van der Waals surface area contributed by atoms with E-state index in [1.807, 2.05) is 0 Å². The Hall–Kier alpha value is -8.26. The maximum Gasteiger partial charge on any atom is 0.135 e. The van der Waals surface area contributed by atoms with Crippen LogP contribution in [0.15, 0.2) is 223 Å². The van der Waals surface area contributed by atoms with Gasteiger partial charge in [-0.05, 0) is 168 Å². The molecular weight excluding hydrogens is 761 g/mol. The molecule has 14 rings (SSSR count). The van der Waals surface area contributed by atoms with Crippen LogP contribution in [0.1, 0.15) is 0 Å². The normalized spacial score (nSPS) is 12.1. The molecule has 1 heterocycles. The molecule has 0 N–H and O–H groups in total. The average molecular weight is 797 g/mol. The highest BCUT2D eigenvalue weighted by Gasteiger charge is 2.16. The minimum Gasteiger partial charge on any atom is -0.456 e. The number of hydrogen-bond donors (Lipinski definition) is 0. The molecule has 0 saturated heterocycles. The zero-order valence-corrected chi connectivity index (χ0v) is 34.2. The van der Waals surface area contributed by atoms with Crippen LogP contribution in [0.3, 0.4) is 0 Å². The summed E-state index contributed by atoms with van der Waals surface area (Å²) in [4.78, 5) is 0. The highest BCUT2D eigenvalue weighted by molar-refractivity contribution is 6.29. The van der Waals surface area contributed by atoms with Gasteiger partial charge in [-0.25, -0.2) is 0 Å². The first kappa shape index (κ1) is 34.5. The molecule has 0 fully saturated rings. The molecule has 13 aromatic carbocycles. The van der Waals surface area contributed by atoms with E-state index >= 15 is 0 Å². The van der Waals surface area contributed by atoms with Crippen molar-refractivity contribution in [2.24, 2.45) is 0 Å². The van der Waals surface area contributed by atoms with Crippen molar-refractivity contribution in [2.75, 3.05) is 0 Å². The van der Waals surface area contributed by atoms with Gasteiger partial charge in [0.2, 0.25) is 0 Å². The summed E-state index contributed by atoms with van der Waals surface area (Å²) in [6.45, 7) is 0. The van der Waals surface area contributed by atoms with Crippen LogP contribution in [0.25, 0.3) is 141 Å². The molecule has 0 spiro atoms. The fourth-order valence-electron chi connectivity index (χ4n) is 10.7. The van der Waals surface area contributed by atoms with Crippen molar-refractivity contribution >= 4 is 108 Å². The first-order valence-corrected chi connectivity index (χ1v) is 21.8. The largest absolute Gasteiger partial charge is 0.456 e. The molecule has 63 heavy (non-hydrogen) atoms. The number of furan rings is 1. The zero-order valence-electron chi connectivity index (χ0n) is 34.2. The molecule has 0 radical (unpaired) electrons. The van der Waals surface area contributed by atoms with Gasteiger partial charge in [0.1, 0.15) is 11.2 Å². The summed E-state index contributed by atoms with van der Waals surface area (Å²) in [5.41, 5.74) is 8.99. The van der Waals surface area contributed by atoms with Crippen LogP contribution in [0, 0.1) is 0 Å². The summed E-state index contributed by atoms with van der Waals surface area (Å²) in [6.07, 6.45) is 0. The van der Waals surface area contributed by atoms with Crippen LogP contribution in [-0.4, -0.2) is 0 Å². The van der Waals surface area contributed by atoms with Crippen molar-refractivity contribution in [1.82, 2.24) is 0 Å². The molecule has 0 aliphatic carbocycles. The zero-order chi connectivity index (χ0) is 41.2. The molecule has 1 aromatic heterocycles. The van der Waals surface area contributed by atoms with Gasteiger partial charge in [-0.3, -0.25) is 0 Å². The predicted octanol–water partition coefficient (Wildman–Crippen LogP) is 17.8. The Kier molecular flexibility index (Phi) is 7.17. The molecule has 0 atom stereocenters. The van der Waals surface area contributed by atoms with Gasteiger partial charge in [0.25, 0.3) is 0 Å². The molecule has 14 aromatic rings. The second-order valence-electron chi connectivity index (χ2n) is 17.2. The van der Waals surface area contributed by atoms with Crippen LogP contribution < -0.4 is 0 Å². The van der Waals surface area contributed by atoms with Gasteiger partial charge in [-0.2, -0.15) is 0 Å². The summed E-state index contributed by atoms with van der Waals surface area (Å²) < 4.78 is 6.46. The fourth-order valence-corrected chi connectivity index (χ4v) is 10.7. The SMILES string of the molecule is c1ccc2c(c1)ccc1ccc3cc(-c4ccc5ccc(-c6ccc7oc8ccc(-c9ccc%10c%11ccccc%11c%11ccccc%11c%10c9)cc8c7c6)cc5c4)c4ccccc4c3c12. The van der Waals surface area contributed by atoms with E-state index in [4.69, 9.17) is 4.42 Å². The number of fused-ring (bicyclic) bond motifs is 17. The second kappa shape index (κ2) is 13.1. The van der Waals surface area contributed by atoms with Gasteiger partial charge in [-0.1, -0.05) is 170 Å². The molecule has 1 nitrogen and oxygen atoms in total. The standard InChI is InChI=1S/C62H36O/c1-2-10-47-38(9-1)19-20-39-21-24-45-36-55(52-15-7-8-16-54(52)62(45)61(39)47)44-23-18-37-17-22-40(31-46(37)32-44)42-26-29-59-57(34-42)58-35-43(27-30-60(58)63-59)41-25-28-53-50-13-4-3-11-48(50)49-12-5-6-14-51(49)56(53)33-41/h1-36H. The van der Waals surface area contributed by atoms with E-state index in [0.717, 1.165) is 21.9 Å². The average Bonchev–Trinajstić information content (AvgIpc) is 3.72. The Bertz CT molecular complexity index is 4230. The number of benzene rings is 13. The van der Waals surface area contributed by atoms with Crippen LogP contribution in [0.4, 0.5) is 0 Å². The third-order valence-electron chi connectivity index (χ3n) is 13.8. The van der Waals surface area contributed by atoms with Gasteiger partial charge in [0.15, 0.2) is 0 Å². The Balaban J connectivity index is 0.882. The van der Waals surface area contributed by atoms with E-state index in [2.05, 4.69) is 218 Å². The van der Waals surface area contributed by atoms with Crippen LogP contribution in [0.5, 0.6) is 0 Å². The van der Waals surface area contributed by atoms with Crippen molar-refractivity contribution in [3.8, 4) is 33.4 Å². The van der Waals surface area contributed by atoms with E-state index in [9.17, 15) is 0 Å². The van der Waals surface area contributed by atoms with E-state index in [0.29, 0.717) is 0 Å². The van der Waals surface area contributed by atoms with E-state index in [1.165, 1.54) is 120 Å². The minimum absolute atomic E-state index is 0.897. The predicted molar refractivity (Wildman–Crippen MR) is 270 cm³/mol. The van der Waals surface area contributed by atoms with Gasteiger partial charge in [-0.15, -0.1) is 0 Å². The quantitative estimate of drug-likeness (QED) is 0.162. The van der Waals surface area contributed by atoms with E-state index < -0.39 is 0 Å². The minimum atomic E-state index is 0.897. The van der Waals surface area contributed by atoms with Gasteiger partial charge in [0, 0.05) is 10.8 Å². The van der Waals surface area contributed by atoms with Crippen molar-refractivity contribution in [1.29, 1.82) is 0 Å². The lowest BCUT2D eigenvalue weighted by Crippen LogP contribution is -1.88. The molecular formula is C62H36O. The smallest absolute Gasteiger partial charge is 0.135 e. The lowest BCUT2D eigenvalue weighted by atomic mass is 9.88. The molecule has 0 saturated carbocycles. The molecule has 290 valence electrons. The molecule has 0 bridgehead atoms. The molecule has 0 amide bonds. The molecule has 0 aliphatic rings. The van der Waals surface area contributed by atoms with E-state index in [-0.39, 0.29) is 0 Å². The molecule has 0 unspecified atom stereocenters. The fraction of sp³-hybridized carbons (Fsp3) is 0. The Labute approximate surface area is 362 Å².